The molecule has 10 rings (SSSR count). The Hall–Kier alpha value is -5.64. The molecule has 0 bridgehead atoms. The molecule has 0 unspecified atom stereocenters. The summed E-state index contributed by atoms with van der Waals surface area (Å²) in [4.78, 5) is 0. The molecule has 3 aromatic heterocycles. The normalized spacial score (nSPS) is 12.0. The van der Waals surface area contributed by atoms with Crippen LogP contribution in [0.25, 0.3) is 86.3 Å². The summed E-state index contributed by atoms with van der Waals surface area (Å²) < 4.78 is 7.54. The standard InChI is InChI=1S/C42H26N2S/c1-4-12-27(13-5-1)28-20-22-35-33(26-28)31-21-24-38-41(42(31)44(35)30-16-8-3-9-17-30)40-37(45-38)25-23-36-39(40)32-18-10-11-19-34(32)43(36)29-14-6-2-7-15-29/h1-26H. The van der Waals surface area contributed by atoms with Crippen LogP contribution in [0.3, 0.4) is 0 Å². The molecule has 0 fully saturated rings. The highest BCUT2D eigenvalue weighted by atomic mass is 32.1. The molecule has 2 nitrogen and oxygen atoms in total. The van der Waals surface area contributed by atoms with E-state index in [0.717, 1.165) is 0 Å². The molecule has 0 amide bonds. The van der Waals surface area contributed by atoms with Crippen molar-refractivity contribution in [1.82, 2.24) is 9.13 Å². The molecule has 0 spiro atoms. The summed E-state index contributed by atoms with van der Waals surface area (Å²) in [6, 6.07) is 57.4. The van der Waals surface area contributed by atoms with Crippen LogP contribution in [0.2, 0.25) is 0 Å². The molecule has 3 heteroatoms. The fourth-order valence-corrected chi connectivity index (χ4v) is 8.54. The van der Waals surface area contributed by atoms with Crippen molar-refractivity contribution in [3.63, 3.8) is 0 Å². The Morgan fingerprint density at radius 3 is 1.73 bits per heavy atom. The highest BCUT2D eigenvalue weighted by Gasteiger charge is 2.22. The van der Waals surface area contributed by atoms with Gasteiger partial charge >= 0.3 is 0 Å². The summed E-state index contributed by atoms with van der Waals surface area (Å²) in [6.07, 6.45) is 0. The first-order valence-corrected chi connectivity index (χ1v) is 16.2. The number of benzene rings is 7. The van der Waals surface area contributed by atoms with Crippen LogP contribution < -0.4 is 0 Å². The quantitative estimate of drug-likeness (QED) is 0.194. The molecule has 0 atom stereocenters. The smallest absolute Gasteiger partial charge is 0.0634 e. The SMILES string of the molecule is c1ccc(-c2ccc3c(c2)c2ccc4sc5ccc6c(c7ccccc7n6-c6ccccc6)c5c4c2n3-c2ccccc2)cc1. The van der Waals surface area contributed by atoms with Gasteiger partial charge in [-0.1, -0.05) is 97.1 Å². The van der Waals surface area contributed by atoms with E-state index in [4.69, 9.17) is 0 Å². The van der Waals surface area contributed by atoms with Gasteiger partial charge in [0.25, 0.3) is 0 Å². The maximum Gasteiger partial charge on any atom is 0.0634 e. The molecule has 0 saturated carbocycles. The molecular formula is C42H26N2S. The molecule has 210 valence electrons. The zero-order chi connectivity index (χ0) is 29.5. The van der Waals surface area contributed by atoms with Gasteiger partial charge in [-0.2, -0.15) is 0 Å². The third kappa shape index (κ3) is 3.50. The van der Waals surface area contributed by atoms with Gasteiger partial charge in [0.15, 0.2) is 0 Å². The highest BCUT2D eigenvalue weighted by Crippen LogP contribution is 2.48. The number of para-hydroxylation sites is 3. The molecule has 7 aromatic carbocycles. The van der Waals surface area contributed by atoms with Crippen molar-refractivity contribution in [2.45, 2.75) is 0 Å². The maximum atomic E-state index is 2.49. The summed E-state index contributed by atoms with van der Waals surface area (Å²) >= 11 is 1.90. The molecular weight excluding hydrogens is 565 g/mol. The number of rotatable bonds is 3. The second kappa shape index (κ2) is 9.43. The Labute approximate surface area is 263 Å². The second-order valence-electron chi connectivity index (χ2n) is 11.7. The number of hydrogen-bond acceptors (Lipinski definition) is 1. The Morgan fingerprint density at radius 1 is 0.356 bits per heavy atom. The van der Waals surface area contributed by atoms with Gasteiger partial charge in [0.1, 0.15) is 0 Å². The lowest BCUT2D eigenvalue weighted by Gasteiger charge is -2.10. The Kier molecular flexibility index (Phi) is 5.19. The number of thiophene rings is 1. The van der Waals surface area contributed by atoms with Gasteiger partial charge in [-0.05, 0) is 71.8 Å². The first-order chi connectivity index (χ1) is 22.3. The minimum Gasteiger partial charge on any atom is -0.309 e. The van der Waals surface area contributed by atoms with E-state index in [1.54, 1.807) is 0 Å². The lowest BCUT2D eigenvalue weighted by Crippen LogP contribution is -1.94. The van der Waals surface area contributed by atoms with Crippen molar-refractivity contribution in [3.05, 3.63) is 158 Å². The molecule has 0 aliphatic rings. The van der Waals surface area contributed by atoms with Crippen LogP contribution in [-0.4, -0.2) is 9.13 Å². The maximum absolute atomic E-state index is 2.49. The minimum absolute atomic E-state index is 1.18. The predicted octanol–water partition coefficient (Wildman–Crippen LogP) is 11.9. The molecule has 3 heterocycles. The van der Waals surface area contributed by atoms with Crippen molar-refractivity contribution in [3.8, 4) is 22.5 Å². The van der Waals surface area contributed by atoms with Crippen molar-refractivity contribution in [2.75, 3.05) is 0 Å². The van der Waals surface area contributed by atoms with Crippen molar-refractivity contribution in [1.29, 1.82) is 0 Å². The third-order valence-corrected chi connectivity index (χ3v) is 10.4. The summed E-state index contributed by atoms with van der Waals surface area (Å²) in [5.74, 6) is 0. The zero-order valence-electron chi connectivity index (χ0n) is 24.3. The van der Waals surface area contributed by atoms with Crippen LogP contribution in [0.5, 0.6) is 0 Å². The summed E-state index contributed by atoms with van der Waals surface area (Å²) in [7, 11) is 0. The van der Waals surface area contributed by atoms with E-state index >= 15 is 0 Å². The van der Waals surface area contributed by atoms with Gasteiger partial charge in [-0.3, -0.25) is 0 Å². The van der Waals surface area contributed by atoms with E-state index in [1.807, 2.05) is 11.3 Å². The van der Waals surface area contributed by atoms with Gasteiger partial charge in [0, 0.05) is 53.1 Å². The molecule has 0 N–H and O–H groups in total. The van der Waals surface area contributed by atoms with E-state index < -0.39 is 0 Å². The molecule has 0 aliphatic heterocycles. The Balaban J connectivity index is 1.42. The van der Waals surface area contributed by atoms with E-state index in [9.17, 15) is 0 Å². The van der Waals surface area contributed by atoms with Crippen LogP contribution in [0.1, 0.15) is 0 Å². The lowest BCUT2D eigenvalue weighted by atomic mass is 10.0. The van der Waals surface area contributed by atoms with Gasteiger partial charge < -0.3 is 9.13 Å². The number of hydrogen-bond donors (Lipinski definition) is 0. The number of fused-ring (bicyclic) bond motifs is 11. The minimum atomic E-state index is 1.18. The van der Waals surface area contributed by atoms with Gasteiger partial charge in [-0.25, -0.2) is 0 Å². The monoisotopic (exact) mass is 590 g/mol. The van der Waals surface area contributed by atoms with Crippen LogP contribution in [0.15, 0.2) is 158 Å². The van der Waals surface area contributed by atoms with Gasteiger partial charge in [0.05, 0.1) is 22.1 Å². The van der Waals surface area contributed by atoms with Crippen LogP contribution in [0, 0.1) is 0 Å². The molecule has 10 aromatic rings. The summed E-state index contributed by atoms with van der Waals surface area (Å²) in [5.41, 5.74) is 9.79. The van der Waals surface area contributed by atoms with E-state index in [2.05, 4.69) is 167 Å². The Morgan fingerprint density at radius 2 is 0.956 bits per heavy atom. The molecule has 0 radical (unpaired) electrons. The second-order valence-corrected chi connectivity index (χ2v) is 12.8. The van der Waals surface area contributed by atoms with Crippen molar-refractivity contribution >= 4 is 75.1 Å². The number of nitrogens with zero attached hydrogens (tertiary/aromatic N) is 2. The molecule has 0 saturated heterocycles. The topological polar surface area (TPSA) is 9.86 Å². The zero-order valence-corrected chi connectivity index (χ0v) is 25.1. The first-order valence-electron chi connectivity index (χ1n) is 15.4. The van der Waals surface area contributed by atoms with Crippen molar-refractivity contribution < 1.29 is 0 Å². The average Bonchev–Trinajstić information content (AvgIpc) is 3.76. The van der Waals surface area contributed by atoms with Crippen molar-refractivity contribution in [2.24, 2.45) is 0 Å². The van der Waals surface area contributed by atoms with Crippen LogP contribution >= 0.6 is 11.3 Å². The fourth-order valence-electron chi connectivity index (χ4n) is 7.42. The van der Waals surface area contributed by atoms with E-state index in [1.165, 1.54) is 86.3 Å². The average molecular weight is 591 g/mol. The van der Waals surface area contributed by atoms with E-state index in [0.29, 0.717) is 0 Å². The largest absolute Gasteiger partial charge is 0.309 e. The predicted molar refractivity (Wildman–Crippen MR) is 193 cm³/mol. The molecule has 45 heavy (non-hydrogen) atoms. The molecule has 0 aliphatic carbocycles. The van der Waals surface area contributed by atoms with Gasteiger partial charge in [-0.15, -0.1) is 11.3 Å². The van der Waals surface area contributed by atoms with Crippen LogP contribution in [0.4, 0.5) is 0 Å². The Bertz CT molecular complexity index is 2730. The first kappa shape index (κ1) is 24.8. The number of aromatic nitrogens is 2. The lowest BCUT2D eigenvalue weighted by molar-refractivity contribution is 1.18. The fraction of sp³-hybridized carbons (Fsp3) is 0. The van der Waals surface area contributed by atoms with Gasteiger partial charge in [0.2, 0.25) is 0 Å². The third-order valence-electron chi connectivity index (χ3n) is 9.30. The van der Waals surface area contributed by atoms with E-state index in [-0.39, 0.29) is 0 Å². The summed E-state index contributed by atoms with van der Waals surface area (Å²) in [6.45, 7) is 0. The summed E-state index contributed by atoms with van der Waals surface area (Å²) in [5, 5.41) is 7.83. The highest BCUT2D eigenvalue weighted by molar-refractivity contribution is 7.26. The van der Waals surface area contributed by atoms with Crippen LogP contribution in [-0.2, 0) is 0 Å².